The Morgan fingerprint density at radius 1 is 1.00 bits per heavy atom. The fourth-order valence-corrected chi connectivity index (χ4v) is 4.07. The predicted octanol–water partition coefficient (Wildman–Crippen LogP) is -0.480. The topological polar surface area (TPSA) is 150 Å². The van der Waals surface area contributed by atoms with Gasteiger partial charge in [0, 0.05) is 34.9 Å². The summed E-state index contributed by atoms with van der Waals surface area (Å²) in [6.45, 7) is 3.21. The number of fused-ring (bicyclic) bond motifs is 1. The third-order valence-corrected chi connectivity index (χ3v) is 5.40. The first-order valence-corrected chi connectivity index (χ1v) is 10.2. The first-order valence-electron chi connectivity index (χ1n) is 9.40. The van der Waals surface area contributed by atoms with Crippen LogP contribution in [0.4, 0.5) is 0 Å². The van der Waals surface area contributed by atoms with Crippen molar-refractivity contribution in [3.8, 4) is 0 Å². The van der Waals surface area contributed by atoms with E-state index in [1.807, 2.05) is 0 Å². The molecule has 0 amide bonds. The minimum absolute atomic E-state index is 0.0154. The van der Waals surface area contributed by atoms with Crippen molar-refractivity contribution < 1.29 is 33.3 Å². The number of nitrogens with zero attached hydrogens (tertiary/aromatic N) is 4. The lowest BCUT2D eigenvalue weighted by Gasteiger charge is -2.24. The van der Waals surface area contributed by atoms with Gasteiger partial charge >= 0.3 is 23.6 Å². The van der Waals surface area contributed by atoms with Crippen molar-refractivity contribution in [1.82, 2.24) is 18.7 Å². The average molecular weight is 517 g/mol. The van der Waals surface area contributed by atoms with E-state index in [0.717, 1.165) is 18.4 Å². The zero-order chi connectivity index (χ0) is 23.9. The molecule has 0 spiro atoms. The lowest BCUT2D eigenvalue weighted by molar-refractivity contribution is -0.166. The van der Waals surface area contributed by atoms with E-state index in [1.165, 1.54) is 30.2 Å². The number of halogens is 1. The van der Waals surface area contributed by atoms with Crippen LogP contribution in [0, 0.1) is 0 Å². The van der Waals surface area contributed by atoms with E-state index < -0.39 is 53.7 Å². The number of aryl methyl sites for hydroxylation is 1. The van der Waals surface area contributed by atoms with Crippen LogP contribution >= 0.6 is 15.9 Å². The Bertz CT molecular complexity index is 1210. The van der Waals surface area contributed by atoms with Crippen molar-refractivity contribution in [3.05, 3.63) is 25.6 Å². The molecule has 1 fully saturated rings. The zero-order valence-electron chi connectivity index (χ0n) is 17.9. The Hall–Kier alpha value is -3.00. The maximum Gasteiger partial charge on any atom is 0.332 e. The van der Waals surface area contributed by atoms with Gasteiger partial charge in [-0.25, -0.2) is 9.78 Å². The summed E-state index contributed by atoms with van der Waals surface area (Å²) in [5.74, 6) is -1.98. The highest BCUT2D eigenvalue weighted by atomic mass is 79.9. The predicted molar refractivity (Wildman–Crippen MR) is 110 cm³/mol. The van der Waals surface area contributed by atoms with Gasteiger partial charge in [0.25, 0.3) is 5.56 Å². The Kier molecular flexibility index (Phi) is 6.55. The van der Waals surface area contributed by atoms with Crippen LogP contribution in [-0.2, 0) is 47.4 Å². The van der Waals surface area contributed by atoms with Crippen LogP contribution in [0.1, 0.15) is 27.0 Å². The molecule has 0 N–H and O–H groups in total. The molecule has 1 saturated heterocycles. The second-order valence-corrected chi connectivity index (χ2v) is 7.85. The highest BCUT2D eigenvalue weighted by molar-refractivity contribution is 9.10. The Morgan fingerprint density at radius 3 is 2.16 bits per heavy atom. The molecule has 2 aromatic heterocycles. The number of ether oxygens (including phenoxy) is 4. The van der Waals surface area contributed by atoms with Crippen molar-refractivity contribution in [2.24, 2.45) is 14.1 Å². The molecule has 4 atom stereocenters. The lowest BCUT2D eigenvalue weighted by atomic mass is 10.1. The van der Waals surface area contributed by atoms with E-state index in [2.05, 4.69) is 20.9 Å². The molecule has 0 bridgehead atoms. The standard InChI is InChI=1S/C18H21BrN4O9/c1-7(24)29-6-10-12(30-8(2)25)13(31-9(3)26)16(32-10)23-11-14(20-17(23)19)21(4)18(28)22(5)15(11)27/h10,12-13,16H,6H2,1-5H3/t10-,12+,13+,16-/m1/s1. The third-order valence-electron chi connectivity index (χ3n) is 4.84. The lowest BCUT2D eigenvalue weighted by Crippen LogP contribution is -2.41. The molecule has 3 rings (SSSR count). The molecule has 1 aliphatic heterocycles. The molecule has 1 aliphatic rings. The third kappa shape index (κ3) is 4.19. The number of esters is 3. The van der Waals surface area contributed by atoms with Crippen molar-refractivity contribution in [3.63, 3.8) is 0 Å². The Morgan fingerprint density at radius 2 is 1.59 bits per heavy atom. The summed E-state index contributed by atoms with van der Waals surface area (Å²) >= 11 is 3.26. The summed E-state index contributed by atoms with van der Waals surface area (Å²) in [5, 5.41) is 0. The molecule has 0 aromatic carbocycles. The van der Waals surface area contributed by atoms with Gasteiger partial charge in [-0.05, 0) is 15.9 Å². The minimum atomic E-state index is -1.22. The van der Waals surface area contributed by atoms with Crippen LogP contribution in [0.25, 0.3) is 11.2 Å². The van der Waals surface area contributed by atoms with Gasteiger partial charge in [0.2, 0.25) is 0 Å². The maximum atomic E-state index is 12.9. The van der Waals surface area contributed by atoms with E-state index in [9.17, 15) is 24.0 Å². The van der Waals surface area contributed by atoms with Crippen LogP contribution in [0.3, 0.4) is 0 Å². The molecule has 0 radical (unpaired) electrons. The van der Waals surface area contributed by atoms with E-state index in [-0.39, 0.29) is 22.5 Å². The van der Waals surface area contributed by atoms with E-state index >= 15 is 0 Å². The average Bonchev–Trinajstić information content (AvgIpc) is 3.20. The quantitative estimate of drug-likeness (QED) is 0.289. The summed E-state index contributed by atoms with van der Waals surface area (Å²) in [6, 6.07) is 0. The van der Waals surface area contributed by atoms with Crippen molar-refractivity contribution in [2.75, 3.05) is 6.61 Å². The van der Waals surface area contributed by atoms with Crippen molar-refractivity contribution in [1.29, 1.82) is 0 Å². The van der Waals surface area contributed by atoms with Gasteiger partial charge in [0.15, 0.2) is 34.3 Å². The van der Waals surface area contributed by atoms with E-state index in [0.29, 0.717) is 0 Å². The summed E-state index contributed by atoms with van der Waals surface area (Å²) < 4.78 is 25.2. The molecule has 0 aliphatic carbocycles. The van der Waals surface area contributed by atoms with Crippen molar-refractivity contribution >= 4 is 45.0 Å². The van der Waals surface area contributed by atoms with Crippen LogP contribution in [0.15, 0.2) is 14.3 Å². The summed E-state index contributed by atoms with van der Waals surface area (Å²) in [6.07, 6.45) is -4.58. The second-order valence-electron chi connectivity index (χ2n) is 7.14. The van der Waals surface area contributed by atoms with Gasteiger partial charge < -0.3 is 18.9 Å². The molecular formula is C18H21BrN4O9. The van der Waals surface area contributed by atoms with Crippen LogP contribution in [-0.4, -0.2) is 61.5 Å². The number of carbonyl (C=O) groups is 3. The zero-order valence-corrected chi connectivity index (χ0v) is 19.4. The smallest absolute Gasteiger partial charge is 0.332 e. The molecule has 32 heavy (non-hydrogen) atoms. The molecular weight excluding hydrogens is 496 g/mol. The number of carbonyl (C=O) groups excluding carboxylic acids is 3. The number of hydrogen-bond acceptors (Lipinski definition) is 10. The number of aromatic nitrogens is 4. The molecule has 0 saturated carbocycles. The highest BCUT2D eigenvalue weighted by Gasteiger charge is 2.51. The van der Waals surface area contributed by atoms with Crippen molar-refractivity contribution in [2.45, 2.75) is 45.3 Å². The van der Waals surface area contributed by atoms with Gasteiger partial charge in [0.1, 0.15) is 12.7 Å². The van der Waals surface area contributed by atoms with Gasteiger partial charge in [-0.15, -0.1) is 0 Å². The normalized spacial score (nSPS) is 22.7. The number of rotatable bonds is 5. The van der Waals surface area contributed by atoms with Gasteiger partial charge in [-0.2, -0.15) is 0 Å². The van der Waals surface area contributed by atoms with Crippen LogP contribution < -0.4 is 11.2 Å². The fourth-order valence-electron chi connectivity index (χ4n) is 3.52. The molecule has 14 heteroatoms. The summed E-state index contributed by atoms with van der Waals surface area (Å²) in [5.41, 5.74) is -1.21. The SMILES string of the molecule is CC(=O)OC[C@H]1O[C@@H](n2c(Br)nc3c2c(=O)n(C)c(=O)n3C)[C@@H](OC(C)=O)[C@H]1OC(C)=O. The van der Waals surface area contributed by atoms with E-state index in [4.69, 9.17) is 18.9 Å². The van der Waals surface area contributed by atoms with E-state index in [1.54, 1.807) is 0 Å². The number of hydrogen-bond donors (Lipinski definition) is 0. The second kappa shape index (κ2) is 8.86. The highest BCUT2D eigenvalue weighted by Crippen LogP contribution is 2.37. The summed E-state index contributed by atoms with van der Waals surface area (Å²) in [7, 11) is 2.75. The molecule has 174 valence electrons. The van der Waals surface area contributed by atoms with Gasteiger partial charge in [0.05, 0.1) is 0 Å². The fraction of sp³-hybridized carbons (Fsp3) is 0.556. The van der Waals surface area contributed by atoms with Crippen LogP contribution in [0.5, 0.6) is 0 Å². The monoisotopic (exact) mass is 516 g/mol. The maximum absolute atomic E-state index is 12.9. The van der Waals surface area contributed by atoms with Crippen LogP contribution in [0.2, 0.25) is 0 Å². The molecule has 0 unspecified atom stereocenters. The largest absolute Gasteiger partial charge is 0.463 e. The first kappa shape index (κ1) is 23.7. The minimum Gasteiger partial charge on any atom is -0.463 e. The molecule has 13 nitrogen and oxygen atoms in total. The molecule has 2 aromatic rings. The summed E-state index contributed by atoms with van der Waals surface area (Å²) in [4.78, 5) is 64.3. The number of imidazole rings is 1. The first-order chi connectivity index (χ1) is 14.9. The molecule has 3 heterocycles. The van der Waals surface area contributed by atoms with Gasteiger partial charge in [-0.1, -0.05) is 0 Å². The van der Waals surface area contributed by atoms with Gasteiger partial charge in [-0.3, -0.25) is 32.9 Å². The Labute approximate surface area is 188 Å². The Balaban J connectivity index is 2.21.